The summed E-state index contributed by atoms with van der Waals surface area (Å²) in [6.45, 7) is 7.42. The van der Waals surface area contributed by atoms with Crippen LogP contribution in [0.1, 0.15) is 67.9 Å². The van der Waals surface area contributed by atoms with Crippen LogP contribution >= 0.6 is 0 Å². The number of hydrogen-bond acceptors (Lipinski definition) is 8. The lowest BCUT2D eigenvalue weighted by molar-refractivity contribution is 0.0487. The minimum Gasteiger partial charge on any atom is -0.465 e. The molecular formula is C26H33N5O4. The first kappa shape index (κ1) is 25.8. The molecule has 0 unspecified atom stereocenters. The van der Waals surface area contributed by atoms with Crippen LogP contribution in [-0.4, -0.2) is 41.8 Å². The van der Waals surface area contributed by atoms with Crippen LogP contribution in [-0.2, 0) is 9.47 Å². The molecule has 1 saturated carbocycles. The molecule has 0 radical (unpaired) electrons. The summed E-state index contributed by atoms with van der Waals surface area (Å²) >= 11 is 0. The molecule has 2 atom stereocenters. The van der Waals surface area contributed by atoms with Crippen LogP contribution in [0.2, 0.25) is 0 Å². The van der Waals surface area contributed by atoms with Crippen molar-refractivity contribution in [2.24, 2.45) is 0 Å². The number of aryl methyl sites for hydroxylation is 1. The lowest BCUT2D eigenvalue weighted by Gasteiger charge is -2.34. The maximum absolute atomic E-state index is 12.5. The average Bonchev–Trinajstić information content (AvgIpc) is 2.78. The second-order valence-electron chi connectivity index (χ2n) is 9.66. The van der Waals surface area contributed by atoms with Gasteiger partial charge in [0.2, 0.25) is 0 Å². The number of esters is 1. The Bertz CT molecular complexity index is 1120. The van der Waals surface area contributed by atoms with Crippen molar-refractivity contribution in [1.82, 2.24) is 10.3 Å². The molecule has 3 rings (SSSR count). The molecule has 0 saturated heterocycles. The summed E-state index contributed by atoms with van der Waals surface area (Å²) in [4.78, 5) is 29.5. The molecule has 1 aliphatic carbocycles. The van der Waals surface area contributed by atoms with E-state index in [1.165, 1.54) is 13.2 Å². The third-order valence-corrected chi connectivity index (χ3v) is 5.61. The molecule has 3 N–H and O–H groups in total. The van der Waals surface area contributed by atoms with Crippen molar-refractivity contribution in [3.63, 3.8) is 0 Å². The zero-order valence-corrected chi connectivity index (χ0v) is 20.9. The van der Waals surface area contributed by atoms with Crippen molar-refractivity contribution in [2.45, 2.75) is 71.1 Å². The number of carbonyl (C=O) groups excluding carboxylic acids is 2. The van der Waals surface area contributed by atoms with Gasteiger partial charge in [-0.2, -0.15) is 5.26 Å². The second kappa shape index (κ2) is 11.1. The Morgan fingerprint density at radius 3 is 2.49 bits per heavy atom. The lowest BCUT2D eigenvalue weighted by atomic mass is 9.90. The second-order valence-corrected chi connectivity index (χ2v) is 9.66. The molecule has 9 nitrogen and oxygen atoms in total. The maximum Gasteiger partial charge on any atom is 0.407 e. The van der Waals surface area contributed by atoms with Crippen molar-refractivity contribution in [3.05, 3.63) is 47.0 Å². The van der Waals surface area contributed by atoms with Crippen LogP contribution in [0, 0.1) is 18.3 Å². The molecule has 9 heteroatoms. The van der Waals surface area contributed by atoms with E-state index in [2.05, 4.69) is 27.0 Å². The first-order valence-corrected chi connectivity index (χ1v) is 11.7. The lowest BCUT2D eigenvalue weighted by Crippen LogP contribution is -2.49. The molecule has 1 amide bonds. The number of alkyl carbamates (subject to hydrolysis) is 1. The zero-order chi connectivity index (χ0) is 25.6. The number of anilines is 3. The minimum absolute atomic E-state index is 0.0640. The molecule has 0 spiro atoms. The summed E-state index contributed by atoms with van der Waals surface area (Å²) in [5.74, 6) is -0.0124. The SMILES string of the molecule is COC(=O)c1c(C#N)cc(N[C@@H]2CCCC[C@@H]2NC(=O)OC(C)(C)C)nc1Nc1cccc(C)c1. The molecule has 1 fully saturated rings. The van der Waals surface area contributed by atoms with Gasteiger partial charge < -0.3 is 25.4 Å². The van der Waals surface area contributed by atoms with Gasteiger partial charge >= 0.3 is 12.1 Å². The highest BCUT2D eigenvalue weighted by atomic mass is 16.6. The Morgan fingerprint density at radius 1 is 1.14 bits per heavy atom. The van der Waals surface area contributed by atoms with E-state index < -0.39 is 17.7 Å². The molecule has 0 aliphatic heterocycles. The third kappa shape index (κ3) is 7.09. The van der Waals surface area contributed by atoms with Crippen LogP contribution < -0.4 is 16.0 Å². The summed E-state index contributed by atoms with van der Waals surface area (Å²) in [5.41, 5.74) is 1.37. The molecule has 1 aromatic carbocycles. The number of carbonyl (C=O) groups is 2. The standard InChI is InChI=1S/C26H33N5O4/c1-16-9-8-10-18(13-16)28-23-22(24(32)34-5)17(15-27)14-21(31-23)29-19-11-6-7-12-20(19)30-25(33)35-26(2,3)4/h8-10,13-14,19-20H,6-7,11-12H2,1-5H3,(H,30,33)(H2,28,29,31)/t19-,20+/m1/s1. The number of methoxy groups -OCH3 is 1. The largest absolute Gasteiger partial charge is 0.465 e. The molecule has 1 heterocycles. The van der Waals surface area contributed by atoms with Gasteiger partial charge in [0.1, 0.15) is 28.9 Å². The monoisotopic (exact) mass is 479 g/mol. The highest BCUT2D eigenvalue weighted by Gasteiger charge is 2.29. The average molecular weight is 480 g/mol. The summed E-state index contributed by atoms with van der Waals surface area (Å²) in [5, 5.41) is 19.3. The van der Waals surface area contributed by atoms with Crippen molar-refractivity contribution in [1.29, 1.82) is 5.26 Å². The molecule has 35 heavy (non-hydrogen) atoms. The van der Waals surface area contributed by atoms with Crippen molar-refractivity contribution in [3.8, 4) is 6.07 Å². The fourth-order valence-electron chi connectivity index (χ4n) is 4.09. The van der Waals surface area contributed by atoms with Crippen LogP contribution in [0.4, 0.5) is 22.1 Å². The topological polar surface area (TPSA) is 125 Å². The Labute approximate surface area is 206 Å². The van der Waals surface area contributed by atoms with Crippen LogP contribution in [0.15, 0.2) is 30.3 Å². The number of benzene rings is 1. The van der Waals surface area contributed by atoms with Gasteiger partial charge in [0, 0.05) is 11.7 Å². The van der Waals surface area contributed by atoms with Crippen LogP contribution in [0.3, 0.4) is 0 Å². The number of hydrogen-bond donors (Lipinski definition) is 3. The highest BCUT2D eigenvalue weighted by Crippen LogP contribution is 2.28. The Kier molecular flexibility index (Phi) is 8.18. The normalized spacial score (nSPS) is 17.6. The highest BCUT2D eigenvalue weighted by molar-refractivity contribution is 5.98. The van der Waals surface area contributed by atoms with Crippen molar-refractivity contribution in [2.75, 3.05) is 17.7 Å². The summed E-state index contributed by atoms with van der Waals surface area (Å²) in [6, 6.07) is 10.9. The molecule has 1 aliphatic rings. The summed E-state index contributed by atoms with van der Waals surface area (Å²) < 4.78 is 10.3. The Balaban J connectivity index is 1.91. The number of pyridine rings is 1. The Hall–Kier alpha value is -3.80. The predicted octanol–water partition coefficient (Wildman–Crippen LogP) is 5.04. The number of nitriles is 1. The molecule has 186 valence electrons. The smallest absolute Gasteiger partial charge is 0.407 e. The molecule has 2 aromatic rings. The van der Waals surface area contributed by atoms with E-state index >= 15 is 0 Å². The van der Waals surface area contributed by atoms with Gasteiger partial charge in [0.25, 0.3) is 0 Å². The van der Waals surface area contributed by atoms with E-state index in [0.717, 1.165) is 36.9 Å². The van der Waals surface area contributed by atoms with E-state index in [9.17, 15) is 14.9 Å². The van der Waals surface area contributed by atoms with Gasteiger partial charge in [-0.3, -0.25) is 0 Å². The van der Waals surface area contributed by atoms with Gasteiger partial charge in [0.15, 0.2) is 0 Å². The van der Waals surface area contributed by atoms with Gasteiger partial charge in [0.05, 0.1) is 18.7 Å². The van der Waals surface area contributed by atoms with E-state index in [-0.39, 0.29) is 29.0 Å². The van der Waals surface area contributed by atoms with Gasteiger partial charge in [-0.25, -0.2) is 14.6 Å². The minimum atomic E-state index is -0.655. The summed E-state index contributed by atoms with van der Waals surface area (Å²) in [7, 11) is 1.26. The molecular weight excluding hydrogens is 446 g/mol. The number of nitrogens with zero attached hydrogens (tertiary/aromatic N) is 2. The fourth-order valence-corrected chi connectivity index (χ4v) is 4.09. The van der Waals surface area contributed by atoms with Crippen molar-refractivity contribution >= 4 is 29.4 Å². The third-order valence-electron chi connectivity index (χ3n) is 5.61. The first-order chi connectivity index (χ1) is 16.6. The fraction of sp³-hybridized carbons (Fsp3) is 0.462. The van der Waals surface area contributed by atoms with E-state index in [1.807, 2.05) is 52.0 Å². The quantitative estimate of drug-likeness (QED) is 0.492. The first-order valence-electron chi connectivity index (χ1n) is 11.7. The maximum atomic E-state index is 12.5. The molecule has 1 aromatic heterocycles. The number of ether oxygens (including phenoxy) is 2. The van der Waals surface area contributed by atoms with Gasteiger partial charge in [-0.15, -0.1) is 0 Å². The summed E-state index contributed by atoms with van der Waals surface area (Å²) in [6.07, 6.45) is 3.10. The van der Waals surface area contributed by atoms with Gasteiger partial charge in [-0.1, -0.05) is 25.0 Å². The number of rotatable bonds is 6. The van der Waals surface area contributed by atoms with Crippen molar-refractivity contribution < 1.29 is 19.1 Å². The predicted molar refractivity (Wildman–Crippen MR) is 134 cm³/mol. The van der Waals surface area contributed by atoms with Gasteiger partial charge in [-0.05, 0) is 64.3 Å². The number of nitrogens with one attached hydrogen (secondary N) is 3. The van der Waals surface area contributed by atoms with E-state index in [1.54, 1.807) is 0 Å². The van der Waals surface area contributed by atoms with Crippen LogP contribution in [0.5, 0.6) is 0 Å². The number of aromatic nitrogens is 1. The molecule has 0 bridgehead atoms. The zero-order valence-electron chi connectivity index (χ0n) is 20.9. The Morgan fingerprint density at radius 2 is 1.86 bits per heavy atom. The van der Waals surface area contributed by atoms with E-state index in [0.29, 0.717) is 5.82 Å². The number of amides is 1. The van der Waals surface area contributed by atoms with Crippen LogP contribution in [0.25, 0.3) is 0 Å². The van der Waals surface area contributed by atoms with E-state index in [4.69, 9.17) is 9.47 Å².